The van der Waals surface area contributed by atoms with Gasteiger partial charge in [-0.1, -0.05) is 48.6 Å². The lowest BCUT2D eigenvalue weighted by Gasteiger charge is -2.34. The average Bonchev–Trinajstić information content (AvgIpc) is 2.81. The smallest absolute Gasteiger partial charge is 0.256 e. The Hall–Kier alpha value is -3.77. The van der Waals surface area contributed by atoms with Gasteiger partial charge in [0.1, 0.15) is 0 Å². The summed E-state index contributed by atoms with van der Waals surface area (Å²) < 4.78 is 1.66. The van der Waals surface area contributed by atoms with Gasteiger partial charge in [-0.05, 0) is 56.3 Å². The van der Waals surface area contributed by atoms with Crippen molar-refractivity contribution in [3.05, 3.63) is 102 Å². The molecule has 6 heteroatoms. The summed E-state index contributed by atoms with van der Waals surface area (Å²) in [6, 6.07) is 13.9. The second-order valence-electron chi connectivity index (χ2n) is 7.86. The van der Waals surface area contributed by atoms with E-state index in [-0.39, 0.29) is 11.6 Å². The molecule has 0 spiro atoms. The number of hydrogen-bond acceptors (Lipinski definition) is 5. The van der Waals surface area contributed by atoms with Gasteiger partial charge in [0.25, 0.3) is 5.56 Å². The molecule has 160 valence electrons. The summed E-state index contributed by atoms with van der Waals surface area (Å²) >= 11 is 0. The van der Waals surface area contributed by atoms with Crippen LogP contribution >= 0.6 is 0 Å². The van der Waals surface area contributed by atoms with Gasteiger partial charge in [0, 0.05) is 29.4 Å². The molecule has 1 saturated heterocycles. The van der Waals surface area contributed by atoms with Gasteiger partial charge in [0.15, 0.2) is 5.65 Å². The summed E-state index contributed by atoms with van der Waals surface area (Å²) in [5.74, 6) is 0.612. The monoisotopic (exact) mass is 423 g/mol. The first-order chi connectivity index (χ1) is 15.8. The number of pyridine rings is 1. The van der Waals surface area contributed by atoms with Crippen LogP contribution in [0.5, 0.6) is 0 Å². The van der Waals surface area contributed by atoms with Gasteiger partial charge in [-0.2, -0.15) is 4.98 Å². The first-order valence-corrected chi connectivity index (χ1v) is 11.0. The third-order valence-electron chi connectivity index (χ3n) is 5.78. The number of nitrogens with one attached hydrogen (secondary N) is 1. The van der Waals surface area contributed by atoms with E-state index in [2.05, 4.69) is 22.3 Å². The van der Waals surface area contributed by atoms with E-state index in [9.17, 15) is 4.79 Å². The highest BCUT2D eigenvalue weighted by Crippen LogP contribution is 2.29. The Kier molecular flexibility index (Phi) is 5.77. The lowest BCUT2D eigenvalue weighted by atomic mass is 10.0. The molecule has 3 heterocycles. The van der Waals surface area contributed by atoms with Crippen LogP contribution in [0, 0.1) is 0 Å². The Morgan fingerprint density at radius 2 is 1.72 bits per heavy atom. The van der Waals surface area contributed by atoms with E-state index in [4.69, 9.17) is 9.97 Å². The zero-order valence-electron chi connectivity index (χ0n) is 17.8. The summed E-state index contributed by atoms with van der Waals surface area (Å²) in [5, 5.41) is 4.25. The molecule has 0 atom stereocenters. The molecule has 3 aromatic rings. The quantitative estimate of drug-likeness (QED) is 0.681. The number of allylic oxidation sites excluding steroid dienone is 8. The minimum absolute atomic E-state index is 0.121. The Morgan fingerprint density at radius 1 is 0.938 bits per heavy atom. The molecule has 0 radical (unpaired) electrons. The topological polar surface area (TPSA) is 63.1 Å². The molecule has 1 aromatic carbocycles. The van der Waals surface area contributed by atoms with Gasteiger partial charge < -0.3 is 10.2 Å². The van der Waals surface area contributed by atoms with E-state index in [0.717, 1.165) is 42.7 Å². The highest BCUT2D eigenvalue weighted by molar-refractivity contribution is 5.81. The molecular weight excluding hydrogens is 398 g/mol. The Bertz CT molecular complexity index is 1280. The minimum Gasteiger partial charge on any atom is -0.317 e. The van der Waals surface area contributed by atoms with Crippen molar-refractivity contribution in [3.63, 3.8) is 0 Å². The van der Waals surface area contributed by atoms with Crippen molar-refractivity contribution >= 4 is 28.4 Å². The molecule has 0 amide bonds. The molecule has 1 aliphatic heterocycles. The predicted molar refractivity (Wildman–Crippen MR) is 130 cm³/mol. The van der Waals surface area contributed by atoms with Crippen LogP contribution in [0.3, 0.4) is 0 Å². The Balaban J connectivity index is 1.68. The molecule has 32 heavy (non-hydrogen) atoms. The number of hydrogen-bond donors (Lipinski definition) is 1. The molecule has 1 N–H and O–H groups in total. The fraction of sp³-hybridized carbons (Fsp3) is 0.192. The lowest BCUT2D eigenvalue weighted by Crippen LogP contribution is -2.41. The molecule has 0 bridgehead atoms. The van der Waals surface area contributed by atoms with Crippen LogP contribution < -0.4 is 15.8 Å². The zero-order valence-corrected chi connectivity index (χ0v) is 17.8. The van der Waals surface area contributed by atoms with Crippen LogP contribution in [0.2, 0.25) is 0 Å². The highest BCUT2D eigenvalue weighted by Gasteiger charge is 2.25. The van der Waals surface area contributed by atoms with Gasteiger partial charge in [-0.3, -0.25) is 9.36 Å². The van der Waals surface area contributed by atoms with Crippen molar-refractivity contribution in [1.82, 2.24) is 19.9 Å². The molecular formula is C26H25N5O. The largest absolute Gasteiger partial charge is 0.317 e. The van der Waals surface area contributed by atoms with E-state index >= 15 is 0 Å². The number of fused-ring (bicyclic) bond motifs is 1. The predicted octanol–water partition coefficient (Wildman–Crippen LogP) is 4.20. The van der Waals surface area contributed by atoms with Crippen molar-refractivity contribution in [2.24, 2.45) is 0 Å². The molecule has 5 rings (SSSR count). The van der Waals surface area contributed by atoms with Crippen molar-refractivity contribution < 1.29 is 0 Å². The molecule has 2 aromatic heterocycles. The second-order valence-corrected chi connectivity index (χ2v) is 7.86. The van der Waals surface area contributed by atoms with Gasteiger partial charge in [0.05, 0.1) is 5.70 Å². The van der Waals surface area contributed by atoms with Gasteiger partial charge in [-0.15, -0.1) is 0 Å². The molecule has 0 unspecified atom stereocenters. The summed E-state index contributed by atoms with van der Waals surface area (Å²) in [6.45, 7) is 1.92. The van der Waals surface area contributed by atoms with E-state index < -0.39 is 0 Å². The van der Waals surface area contributed by atoms with Crippen LogP contribution in [0.25, 0.3) is 16.7 Å². The van der Waals surface area contributed by atoms with Crippen LogP contribution in [-0.2, 0) is 0 Å². The fourth-order valence-electron chi connectivity index (χ4n) is 4.22. The maximum absolute atomic E-state index is 12.9. The second kappa shape index (κ2) is 9.16. The maximum Gasteiger partial charge on any atom is 0.256 e. The van der Waals surface area contributed by atoms with Gasteiger partial charge in [0.2, 0.25) is 5.95 Å². The van der Waals surface area contributed by atoms with Crippen LogP contribution in [0.4, 0.5) is 11.6 Å². The van der Waals surface area contributed by atoms with E-state index in [0.29, 0.717) is 11.6 Å². The molecule has 0 saturated carbocycles. The Labute approximate surface area is 186 Å². The zero-order chi connectivity index (χ0) is 21.8. The van der Waals surface area contributed by atoms with Crippen molar-refractivity contribution in [1.29, 1.82) is 0 Å². The summed E-state index contributed by atoms with van der Waals surface area (Å²) in [4.78, 5) is 24.8. The third kappa shape index (κ3) is 4.05. The number of nitrogens with zero attached hydrogens (tertiary/aromatic N) is 4. The normalized spacial score (nSPS) is 16.6. The number of anilines is 2. The fourth-order valence-corrected chi connectivity index (χ4v) is 4.22. The van der Waals surface area contributed by atoms with E-state index in [1.165, 1.54) is 0 Å². The maximum atomic E-state index is 12.9. The van der Waals surface area contributed by atoms with Gasteiger partial charge >= 0.3 is 0 Å². The number of rotatable bonds is 4. The van der Waals surface area contributed by atoms with E-state index in [1.54, 1.807) is 16.7 Å². The first kappa shape index (κ1) is 20.2. The number of aromatic nitrogens is 3. The molecule has 1 fully saturated rings. The SMILES string of the molecule is O=c1ccc2cnc(N(c3ccccc3)C3CCNCC3)nc2n1C1=CC=CC=CC=C1. The summed E-state index contributed by atoms with van der Waals surface area (Å²) in [7, 11) is 0. The van der Waals surface area contributed by atoms with Crippen LogP contribution in [-0.4, -0.2) is 33.7 Å². The average molecular weight is 424 g/mol. The van der Waals surface area contributed by atoms with Crippen molar-refractivity contribution in [2.45, 2.75) is 18.9 Å². The lowest BCUT2D eigenvalue weighted by molar-refractivity contribution is 0.449. The molecule has 2 aliphatic rings. The minimum atomic E-state index is -0.121. The van der Waals surface area contributed by atoms with Crippen molar-refractivity contribution in [3.8, 4) is 0 Å². The first-order valence-electron chi connectivity index (χ1n) is 11.0. The number of para-hydroxylation sites is 1. The summed E-state index contributed by atoms with van der Waals surface area (Å²) in [6.07, 6.45) is 17.3. The number of benzene rings is 1. The third-order valence-corrected chi connectivity index (χ3v) is 5.78. The van der Waals surface area contributed by atoms with E-state index in [1.807, 2.05) is 66.9 Å². The summed E-state index contributed by atoms with van der Waals surface area (Å²) in [5.41, 5.74) is 2.30. The molecule has 6 nitrogen and oxygen atoms in total. The van der Waals surface area contributed by atoms with Gasteiger partial charge in [-0.25, -0.2) is 4.98 Å². The Morgan fingerprint density at radius 3 is 2.56 bits per heavy atom. The molecule has 1 aliphatic carbocycles. The van der Waals surface area contributed by atoms with Crippen molar-refractivity contribution in [2.75, 3.05) is 18.0 Å². The standard InChI is InChI=1S/C26H25N5O/c32-24-14-13-20-19-28-26(29-25(20)31(24)22-11-5-2-1-3-6-12-22)30(21-9-7-4-8-10-21)23-15-17-27-18-16-23/h1-14,19,23,27H,15-18H2. The number of piperidine rings is 1. The highest BCUT2D eigenvalue weighted by atomic mass is 16.1. The van der Waals surface area contributed by atoms with Crippen LogP contribution in [0.15, 0.2) is 96.0 Å². The van der Waals surface area contributed by atoms with Crippen LogP contribution in [0.1, 0.15) is 12.8 Å².